The zero-order valence-electron chi connectivity index (χ0n) is 11.7. The highest BCUT2D eigenvalue weighted by atomic mass is 79.9. The first-order chi connectivity index (χ1) is 9.10. The van der Waals surface area contributed by atoms with E-state index in [2.05, 4.69) is 77.6 Å². The molecular weight excluding hydrogens is 298 g/mol. The number of halogens is 1. The third-order valence-electron chi connectivity index (χ3n) is 3.63. The first kappa shape index (κ1) is 14.3. The van der Waals surface area contributed by atoms with Gasteiger partial charge in [0, 0.05) is 10.5 Å². The van der Waals surface area contributed by atoms with Crippen LogP contribution in [0.4, 0.5) is 0 Å². The molecule has 2 rings (SSSR count). The van der Waals surface area contributed by atoms with Gasteiger partial charge in [0.25, 0.3) is 0 Å². The summed E-state index contributed by atoms with van der Waals surface area (Å²) in [6.07, 6.45) is 1.01. The Kier molecular flexibility index (Phi) is 4.78. The van der Waals surface area contributed by atoms with Crippen LogP contribution in [-0.4, -0.2) is 7.05 Å². The van der Waals surface area contributed by atoms with Gasteiger partial charge in [0.05, 0.1) is 0 Å². The molecule has 2 aromatic carbocycles. The molecule has 0 saturated heterocycles. The van der Waals surface area contributed by atoms with Crippen LogP contribution in [0.15, 0.2) is 46.9 Å². The third-order valence-corrected chi connectivity index (χ3v) is 4.16. The van der Waals surface area contributed by atoms with Crippen LogP contribution in [0.3, 0.4) is 0 Å². The molecule has 0 aliphatic carbocycles. The largest absolute Gasteiger partial charge is 0.313 e. The fourth-order valence-electron chi connectivity index (χ4n) is 2.25. The summed E-state index contributed by atoms with van der Waals surface area (Å²) >= 11 is 3.48. The summed E-state index contributed by atoms with van der Waals surface area (Å²) in [7, 11) is 2.02. The Morgan fingerprint density at radius 1 is 1.00 bits per heavy atom. The van der Waals surface area contributed by atoms with E-state index in [0.29, 0.717) is 6.04 Å². The summed E-state index contributed by atoms with van der Waals surface area (Å²) in [4.78, 5) is 0. The molecule has 0 spiro atoms. The lowest BCUT2D eigenvalue weighted by Gasteiger charge is -2.17. The monoisotopic (exact) mass is 317 g/mol. The van der Waals surface area contributed by atoms with Crippen molar-refractivity contribution in [2.45, 2.75) is 26.3 Å². The van der Waals surface area contributed by atoms with Crippen LogP contribution in [0.1, 0.15) is 28.3 Å². The summed E-state index contributed by atoms with van der Waals surface area (Å²) in [6, 6.07) is 15.6. The van der Waals surface area contributed by atoms with E-state index in [1.165, 1.54) is 22.3 Å². The fourth-order valence-corrected chi connectivity index (χ4v) is 2.51. The zero-order chi connectivity index (χ0) is 13.8. The average molecular weight is 318 g/mol. The number of nitrogens with one attached hydrogen (secondary N) is 1. The smallest absolute Gasteiger partial charge is 0.0358 e. The van der Waals surface area contributed by atoms with Crippen LogP contribution in [0, 0.1) is 13.8 Å². The summed E-state index contributed by atoms with van der Waals surface area (Å²) in [6.45, 7) is 4.33. The third kappa shape index (κ3) is 3.68. The van der Waals surface area contributed by atoms with Crippen molar-refractivity contribution >= 4 is 15.9 Å². The van der Waals surface area contributed by atoms with Crippen LogP contribution < -0.4 is 5.32 Å². The van der Waals surface area contributed by atoms with Gasteiger partial charge in [0.1, 0.15) is 0 Å². The number of benzene rings is 2. The molecule has 0 radical (unpaired) electrons. The zero-order valence-corrected chi connectivity index (χ0v) is 13.3. The van der Waals surface area contributed by atoms with Crippen molar-refractivity contribution in [1.29, 1.82) is 0 Å². The predicted molar refractivity (Wildman–Crippen MR) is 85.6 cm³/mol. The van der Waals surface area contributed by atoms with Crippen LogP contribution in [0.2, 0.25) is 0 Å². The minimum absolute atomic E-state index is 0.357. The highest BCUT2D eigenvalue weighted by Gasteiger charge is 2.10. The molecule has 100 valence electrons. The molecule has 0 heterocycles. The molecule has 0 aliphatic rings. The number of aryl methyl sites for hydroxylation is 2. The molecule has 0 bridgehead atoms. The van der Waals surface area contributed by atoms with Crippen molar-refractivity contribution in [1.82, 2.24) is 5.32 Å². The summed E-state index contributed by atoms with van der Waals surface area (Å²) in [5.74, 6) is 0. The molecule has 1 N–H and O–H groups in total. The maximum atomic E-state index is 3.48. The van der Waals surface area contributed by atoms with E-state index in [1.807, 2.05) is 7.05 Å². The normalized spacial score (nSPS) is 12.4. The summed E-state index contributed by atoms with van der Waals surface area (Å²) in [5, 5.41) is 3.41. The lowest BCUT2D eigenvalue weighted by molar-refractivity contribution is 0.592. The molecule has 0 aliphatic heterocycles. The second-order valence-corrected chi connectivity index (χ2v) is 5.93. The topological polar surface area (TPSA) is 12.0 Å². The molecule has 2 aromatic rings. The van der Waals surface area contributed by atoms with E-state index in [1.54, 1.807) is 0 Å². The average Bonchev–Trinajstić information content (AvgIpc) is 2.41. The molecule has 0 aromatic heterocycles. The fraction of sp³-hybridized carbons (Fsp3) is 0.294. The maximum Gasteiger partial charge on any atom is 0.0358 e. The van der Waals surface area contributed by atoms with Crippen molar-refractivity contribution in [2.75, 3.05) is 7.05 Å². The molecule has 19 heavy (non-hydrogen) atoms. The van der Waals surface area contributed by atoms with Crippen molar-refractivity contribution in [3.8, 4) is 0 Å². The number of rotatable bonds is 4. The molecule has 1 nitrogen and oxygen atoms in total. The highest BCUT2D eigenvalue weighted by Crippen LogP contribution is 2.21. The van der Waals surface area contributed by atoms with Crippen LogP contribution in [0.5, 0.6) is 0 Å². The molecule has 0 amide bonds. The Morgan fingerprint density at radius 2 is 1.68 bits per heavy atom. The van der Waals surface area contributed by atoms with Gasteiger partial charge in [-0.25, -0.2) is 0 Å². The lowest BCUT2D eigenvalue weighted by Crippen LogP contribution is -2.18. The second kappa shape index (κ2) is 6.36. The van der Waals surface area contributed by atoms with Crippen molar-refractivity contribution in [3.63, 3.8) is 0 Å². The lowest BCUT2D eigenvalue weighted by atomic mass is 9.97. The minimum atomic E-state index is 0.357. The number of hydrogen-bond donors (Lipinski definition) is 1. The van der Waals surface area contributed by atoms with E-state index in [9.17, 15) is 0 Å². The SMILES string of the molecule is CNC(Cc1ccc(C)c(C)c1)c1ccc(Br)cc1. The van der Waals surface area contributed by atoms with E-state index in [-0.39, 0.29) is 0 Å². The van der Waals surface area contributed by atoms with E-state index < -0.39 is 0 Å². The van der Waals surface area contributed by atoms with Gasteiger partial charge in [-0.2, -0.15) is 0 Å². The Bertz CT molecular complexity index is 546. The van der Waals surface area contributed by atoms with Crippen LogP contribution in [-0.2, 0) is 6.42 Å². The van der Waals surface area contributed by atoms with Gasteiger partial charge in [0.2, 0.25) is 0 Å². The number of likely N-dealkylation sites (N-methyl/N-ethyl adjacent to an activating group) is 1. The van der Waals surface area contributed by atoms with Gasteiger partial charge in [-0.1, -0.05) is 46.3 Å². The quantitative estimate of drug-likeness (QED) is 0.871. The van der Waals surface area contributed by atoms with Gasteiger partial charge in [-0.15, -0.1) is 0 Å². The van der Waals surface area contributed by atoms with Gasteiger partial charge in [-0.05, 0) is 61.7 Å². The van der Waals surface area contributed by atoms with Crippen molar-refractivity contribution in [2.24, 2.45) is 0 Å². The van der Waals surface area contributed by atoms with Crippen molar-refractivity contribution in [3.05, 3.63) is 69.2 Å². The molecule has 0 saturated carbocycles. The highest BCUT2D eigenvalue weighted by molar-refractivity contribution is 9.10. The predicted octanol–water partition coefficient (Wildman–Crippen LogP) is 4.57. The summed E-state index contributed by atoms with van der Waals surface area (Å²) in [5.41, 5.74) is 5.42. The van der Waals surface area contributed by atoms with E-state index in [4.69, 9.17) is 0 Å². The Morgan fingerprint density at radius 3 is 2.26 bits per heavy atom. The van der Waals surface area contributed by atoms with Crippen LogP contribution in [0.25, 0.3) is 0 Å². The summed E-state index contributed by atoms with van der Waals surface area (Å²) < 4.78 is 1.12. The van der Waals surface area contributed by atoms with Gasteiger partial charge >= 0.3 is 0 Å². The molecular formula is C17H20BrN. The molecule has 0 fully saturated rings. The Balaban J connectivity index is 2.18. The molecule has 2 heteroatoms. The minimum Gasteiger partial charge on any atom is -0.313 e. The molecule has 1 atom stereocenters. The second-order valence-electron chi connectivity index (χ2n) is 5.02. The first-order valence-corrected chi connectivity index (χ1v) is 7.38. The Labute approximate surface area is 124 Å². The number of hydrogen-bond acceptors (Lipinski definition) is 1. The van der Waals surface area contributed by atoms with Crippen LogP contribution >= 0.6 is 15.9 Å². The molecule has 1 unspecified atom stereocenters. The van der Waals surface area contributed by atoms with Gasteiger partial charge in [0.15, 0.2) is 0 Å². The first-order valence-electron chi connectivity index (χ1n) is 6.59. The van der Waals surface area contributed by atoms with Gasteiger partial charge in [-0.3, -0.25) is 0 Å². The van der Waals surface area contributed by atoms with E-state index in [0.717, 1.165) is 10.9 Å². The van der Waals surface area contributed by atoms with Gasteiger partial charge < -0.3 is 5.32 Å². The van der Waals surface area contributed by atoms with Crippen molar-refractivity contribution < 1.29 is 0 Å². The Hall–Kier alpha value is -1.12. The van der Waals surface area contributed by atoms with E-state index >= 15 is 0 Å². The maximum absolute atomic E-state index is 3.48. The standard InChI is InChI=1S/C17H20BrN/c1-12-4-5-14(10-13(12)2)11-17(19-3)15-6-8-16(18)9-7-15/h4-10,17,19H,11H2,1-3H3.